The van der Waals surface area contributed by atoms with Crippen molar-refractivity contribution in [1.29, 1.82) is 0 Å². The molecule has 0 saturated carbocycles. The molecule has 88 valence electrons. The van der Waals surface area contributed by atoms with Crippen LogP contribution in [-0.4, -0.2) is 26.9 Å². The van der Waals surface area contributed by atoms with Gasteiger partial charge < -0.3 is 9.26 Å². The second kappa shape index (κ2) is 4.21. The van der Waals surface area contributed by atoms with Crippen molar-refractivity contribution >= 4 is 0 Å². The van der Waals surface area contributed by atoms with Crippen LogP contribution < -0.4 is 0 Å². The van der Waals surface area contributed by atoms with Gasteiger partial charge in [-0.25, -0.2) is 0 Å². The van der Waals surface area contributed by atoms with Gasteiger partial charge in [0.2, 0.25) is 5.82 Å². The Labute approximate surface area is 98.0 Å². The zero-order valence-electron chi connectivity index (χ0n) is 9.46. The van der Waals surface area contributed by atoms with Crippen molar-refractivity contribution in [3.63, 3.8) is 0 Å². The molecule has 0 amide bonds. The van der Waals surface area contributed by atoms with E-state index in [1.807, 2.05) is 19.1 Å². The topological polar surface area (TPSA) is 73.9 Å². The highest BCUT2D eigenvalue weighted by molar-refractivity contribution is 5.46. The molecule has 3 rings (SSSR count). The number of nitrogens with zero attached hydrogens (tertiary/aromatic N) is 4. The van der Waals surface area contributed by atoms with Gasteiger partial charge in [0.15, 0.2) is 0 Å². The van der Waals surface area contributed by atoms with Crippen molar-refractivity contribution in [2.45, 2.75) is 25.9 Å². The molecule has 0 N–H and O–H groups in total. The third kappa shape index (κ3) is 2.03. The Hall–Kier alpha value is -1.82. The van der Waals surface area contributed by atoms with Gasteiger partial charge in [-0.3, -0.25) is 0 Å². The van der Waals surface area contributed by atoms with Gasteiger partial charge in [0.05, 0.1) is 5.69 Å². The lowest BCUT2D eigenvalue weighted by Crippen LogP contribution is -1.96. The Bertz CT molecular complexity index is 502. The van der Waals surface area contributed by atoms with Crippen LogP contribution in [0.5, 0.6) is 0 Å². The standard InChI is InChI=1S/C11H12N4O2/c1-7-4-5-8(14-13-7)10-12-11(17-15-10)9-3-2-6-16-9/h4-5,9H,2-3,6H2,1H3/t9-/m0/s1. The van der Waals surface area contributed by atoms with Gasteiger partial charge in [-0.05, 0) is 31.9 Å². The summed E-state index contributed by atoms with van der Waals surface area (Å²) >= 11 is 0. The summed E-state index contributed by atoms with van der Waals surface area (Å²) in [4.78, 5) is 4.29. The molecule has 3 heterocycles. The molecule has 1 saturated heterocycles. The highest BCUT2D eigenvalue weighted by Gasteiger charge is 2.24. The minimum absolute atomic E-state index is 0.0605. The van der Waals surface area contributed by atoms with Gasteiger partial charge in [-0.2, -0.15) is 10.1 Å². The third-order valence-electron chi connectivity index (χ3n) is 2.67. The molecule has 0 radical (unpaired) electrons. The smallest absolute Gasteiger partial charge is 0.256 e. The Morgan fingerprint density at radius 1 is 1.29 bits per heavy atom. The number of hydrogen-bond acceptors (Lipinski definition) is 6. The molecular weight excluding hydrogens is 220 g/mol. The lowest BCUT2D eigenvalue weighted by Gasteiger charge is -2.00. The van der Waals surface area contributed by atoms with E-state index in [4.69, 9.17) is 9.26 Å². The van der Waals surface area contributed by atoms with Gasteiger partial charge in [0, 0.05) is 6.61 Å². The van der Waals surface area contributed by atoms with Gasteiger partial charge >= 0.3 is 0 Å². The molecule has 6 nitrogen and oxygen atoms in total. The van der Waals surface area contributed by atoms with E-state index in [0.717, 1.165) is 25.1 Å². The van der Waals surface area contributed by atoms with E-state index >= 15 is 0 Å². The monoisotopic (exact) mass is 232 g/mol. The number of hydrogen-bond donors (Lipinski definition) is 0. The highest BCUT2D eigenvalue weighted by Crippen LogP contribution is 2.28. The zero-order valence-corrected chi connectivity index (χ0v) is 9.46. The predicted molar refractivity (Wildman–Crippen MR) is 58.0 cm³/mol. The molecule has 1 aliphatic rings. The molecule has 1 fully saturated rings. The summed E-state index contributed by atoms with van der Waals surface area (Å²) in [5.41, 5.74) is 1.47. The SMILES string of the molecule is Cc1ccc(-c2noc([C@@H]3CCCO3)n2)nn1. The van der Waals surface area contributed by atoms with Crippen molar-refractivity contribution in [3.05, 3.63) is 23.7 Å². The number of aryl methyl sites for hydroxylation is 1. The van der Waals surface area contributed by atoms with E-state index in [2.05, 4.69) is 20.3 Å². The Morgan fingerprint density at radius 3 is 2.94 bits per heavy atom. The Balaban J connectivity index is 1.86. The minimum Gasteiger partial charge on any atom is -0.368 e. The highest BCUT2D eigenvalue weighted by atomic mass is 16.5. The van der Waals surface area contributed by atoms with Gasteiger partial charge in [-0.15, -0.1) is 5.10 Å². The first-order chi connectivity index (χ1) is 8.33. The normalized spacial score (nSPS) is 19.7. The predicted octanol–water partition coefficient (Wildman–Crippen LogP) is 1.69. The van der Waals surface area contributed by atoms with E-state index in [1.165, 1.54) is 0 Å². The fraction of sp³-hybridized carbons (Fsp3) is 0.455. The van der Waals surface area contributed by atoms with Crippen LogP contribution >= 0.6 is 0 Å². The largest absolute Gasteiger partial charge is 0.368 e. The second-order valence-electron chi connectivity index (χ2n) is 4.02. The van der Waals surface area contributed by atoms with Crippen molar-refractivity contribution in [2.75, 3.05) is 6.61 Å². The van der Waals surface area contributed by atoms with Crippen molar-refractivity contribution in [3.8, 4) is 11.5 Å². The van der Waals surface area contributed by atoms with Gasteiger partial charge in [0.25, 0.3) is 5.89 Å². The maximum Gasteiger partial charge on any atom is 0.256 e. The van der Waals surface area contributed by atoms with Crippen LogP contribution in [0.25, 0.3) is 11.5 Å². The number of ether oxygens (including phenoxy) is 1. The molecule has 0 spiro atoms. The van der Waals surface area contributed by atoms with E-state index in [0.29, 0.717) is 17.4 Å². The van der Waals surface area contributed by atoms with Crippen LogP contribution in [0.15, 0.2) is 16.7 Å². The van der Waals surface area contributed by atoms with Crippen LogP contribution in [0.3, 0.4) is 0 Å². The lowest BCUT2D eigenvalue weighted by atomic mass is 10.2. The first kappa shape index (κ1) is 10.3. The summed E-state index contributed by atoms with van der Waals surface area (Å²) in [7, 11) is 0. The van der Waals surface area contributed by atoms with E-state index < -0.39 is 0 Å². The molecule has 1 atom stereocenters. The molecule has 2 aromatic heterocycles. The quantitative estimate of drug-likeness (QED) is 0.784. The summed E-state index contributed by atoms with van der Waals surface area (Å²) in [6.45, 7) is 2.64. The number of aromatic nitrogens is 4. The summed E-state index contributed by atoms with van der Waals surface area (Å²) < 4.78 is 10.7. The fourth-order valence-corrected chi connectivity index (χ4v) is 1.76. The fourth-order valence-electron chi connectivity index (χ4n) is 1.76. The molecule has 0 bridgehead atoms. The average molecular weight is 232 g/mol. The van der Waals surface area contributed by atoms with Crippen LogP contribution in [0.2, 0.25) is 0 Å². The van der Waals surface area contributed by atoms with Crippen molar-refractivity contribution < 1.29 is 9.26 Å². The van der Waals surface area contributed by atoms with Gasteiger partial charge in [-0.1, -0.05) is 5.16 Å². The summed E-state index contributed by atoms with van der Waals surface area (Å²) in [6, 6.07) is 3.69. The van der Waals surface area contributed by atoms with Crippen LogP contribution in [0.4, 0.5) is 0 Å². The maximum absolute atomic E-state index is 5.48. The first-order valence-electron chi connectivity index (χ1n) is 5.59. The van der Waals surface area contributed by atoms with Crippen LogP contribution in [0, 0.1) is 6.92 Å². The summed E-state index contributed by atoms with van der Waals surface area (Å²) in [6.07, 6.45) is 1.91. The van der Waals surface area contributed by atoms with E-state index in [9.17, 15) is 0 Å². The van der Waals surface area contributed by atoms with Crippen molar-refractivity contribution in [1.82, 2.24) is 20.3 Å². The molecule has 0 aliphatic carbocycles. The summed E-state index contributed by atoms with van der Waals surface area (Å²) in [5.74, 6) is 0.989. The Kier molecular flexibility index (Phi) is 2.56. The molecule has 2 aromatic rings. The molecule has 0 aromatic carbocycles. The third-order valence-corrected chi connectivity index (χ3v) is 2.67. The van der Waals surface area contributed by atoms with E-state index in [-0.39, 0.29) is 6.10 Å². The molecule has 17 heavy (non-hydrogen) atoms. The Morgan fingerprint density at radius 2 is 2.24 bits per heavy atom. The minimum atomic E-state index is -0.0605. The second-order valence-corrected chi connectivity index (χ2v) is 4.02. The lowest BCUT2D eigenvalue weighted by molar-refractivity contribution is 0.0835. The van der Waals surface area contributed by atoms with Gasteiger partial charge in [0.1, 0.15) is 11.8 Å². The van der Waals surface area contributed by atoms with Crippen molar-refractivity contribution in [2.24, 2.45) is 0 Å². The molecule has 6 heteroatoms. The zero-order chi connectivity index (χ0) is 11.7. The molecule has 1 aliphatic heterocycles. The molecular formula is C11H12N4O2. The first-order valence-corrected chi connectivity index (χ1v) is 5.59. The number of rotatable bonds is 2. The van der Waals surface area contributed by atoms with Crippen LogP contribution in [-0.2, 0) is 4.74 Å². The summed E-state index contributed by atoms with van der Waals surface area (Å²) in [5, 5.41) is 11.9. The maximum atomic E-state index is 5.48. The van der Waals surface area contributed by atoms with E-state index in [1.54, 1.807) is 0 Å². The molecule has 0 unspecified atom stereocenters. The average Bonchev–Trinajstić information content (AvgIpc) is 3.00. The van der Waals surface area contributed by atoms with Crippen LogP contribution in [0.1, 0.15) is 30.5 Å².